The van der Waals surface area contributed by atoms with Crippen LogP contribution in [-0.2, 0) is 11.2 Å². The molecule has 3 rings (SSSR count). The summed E-state index contributed by atoms with van der Waals surface area (Å²) in [6.07, 6.45) is 0.400. The van der Waals surface area contributed by atoms with Gasteiger partial charge < -0.3 is 16.0 Å². The lowest BCUT2D eigenvalue weighted by Gasteiger charge is -2.18. The van der Waals surface area contributed by atoms with E-state index in [-0.39, 0.29) is 24.0 Å². The zero-order chi connectivity index (χ0) is 16.4. The summed E-state index contributed by atoms with van der Waals surface area (Å²) in [5.41, 5.74) is 2.83. The van der Waals surface area contributed by atoms with Crippen molar-refractivity contribution in [3.63, 3.8) is 0 Å². The van der Waals surface area contributed by atoms with Crippen molar-refractivity contribution in [2.24, 2.45) is 0 Å². The Balaban J connectivity index is 1.61. The average Bonchev–Trinajstić information content (AvgIpc) is 3.14. The summed E-state index contributed by atoms with van der Waals surface area (Å²) in [6.45, 7) is 3.89. The van der Waals surface area contributed by atoms with Crippen LogP contribution in [0.2, 0.25) is 0 Å². The van der Waals surface area contributed by atoms with Crippen molar-refractivity contribution in [3.05, 3.63) is 51.7 Å². The lowest BCUT2D eigenvalue weighted by Crippen LogP contribution is -2.38. The maximum atomic E-state index is 12.1. The van der Waals surface area contributed by atoms with Crippen molar-refractivity contribution in [1.29, 1.82) is 0 Å². The highest BCUT2D eigenvalue weighted by molar-refractivity contribution is 7.10. The molecule has 0 fully saturated rings. The Labute approximate surface area is 139 Å². The molecule has 0 spiro atoms. The first-order valence-electron chi connectivity index (χ1n) is 7.56. The van der Waals surface area contributed by atoms with Gasteiger partial charge >= 0.3 is 6.03 Å². The molecule has 1 aliphatic rings. The van der Waals surface area contributed by atoms with Gasteiger partial charge in [0.2, 0.25) is 5.91 Å². The molecular weight excluding hydrogens is 310 g/mol. The molecule has 1 aliphatic heterocycles. The van der Waals surface area contributed by atoms with Gasteiger partial charge in [0.05, 0.1) is 18.5 Å². The van der Waals surface area contributed by atoms with E-state index >= 15 is 0 Å². The molecule has 0 saturated carbocycles. The van der Waals surface area contributed by atoms with Gasteiger partial charge in [-0.25, -0.2) is 4.79 Å². The summed E-state index contributed by atoms with van der Waals surface area (Å²) >= 11 is 1.62. The fourth-order valence-corrected chi connectivity index (χ4v) is 3.38. The van der Waals surface area contributed by atoms with Gasteiger partial charge in [0, 0.05) is 10.6 Å². The highest BCUT2D eigenvalue weighted by atomic mass is 32.1. The number of carbonyl (C=O) groups excluding carboxylic acids is 2. The number of rotatable bonds is 4. The number of fused-ring (bicyclic) bond motifs is 1. The Morgan fingerprint density at radius 2 is 2.00 bits per heavy atom. The van der Waals surface area contributed by atoms with E-state index in [9.17, 15) is 9.59 Å². The molecule has 0 unspecified atom stereocenters. The van der Waals surface area contributed by atoms with Crippen LogP contribution < -0.4 is 16.0 Å². The number of hydrogen-bond donors (Lipinski definition) is 3. The topological polar surface area (TPSA) is 70.2 Å². The number of carbonyl (C=O) groups is 2. The number of nitrogens with one attached hydrogen (secondary N) is 3. The van der Waals surface area contributed by atoms with Crippen LogP contribution in [-0.4, -0.2) is 11.9 Å². The molecule has 6 heteroatoms. The number of amides is 3. The van der Waals surface area contributed by atoms with Gasteiger partial charge in [-0.15, -0.1) is 11.3 Å². The quantitative estimate of drug-likeness (QED) is 0.805. The third-order valence-corrected chi connectivity index (χ3v) is 4.97. The molecule has 2 atom stereocenters. The second kappa shape index (κ2) is 6.42. The average molecular weight is 329 g/mol. The van der Waals surface area contributed by atoms with Gasteiger partial charge in [0.15, 0.2) is 0 Å². The molecule has 0 radical (unpaired) electrons. The lowest BCUT2D eigenvalue weighted by molar-refractivity contribution is -0.115. The van der Waals surface area contributed by atoms with Gasteiger partial charge in [-0.1, -0.05) is 18.2 Å². The van der Waals surface area contributed by atoms with Crippen LogP contribution in [0.3, 0.4) is 0 Å². The van der Waals surface area contributed by atoms with Gasteiger partial charge in [-0.3, -0.25) is 4.79 Å². The molecule has 0 saturated heterocycles. The summed E-state index contributed by atoms with van der Waals surface area (Å²) in [5.74, 6) is 0.0141. The van der Waals surface area contributed by atoms with E-state index in [1.54, 1.807) is 11.3 Å². The van der Waals surface area contributed by atoms with Crippen LogP contribution in [0.4, 0.5) is 10.5 Å². The van der Waals surface area contributed by atoms with Crippen LogP contribution in [0.15, 0.2) is 35.7 Å². The van der Waals surface area contributed by atoms with E-state index in [0.717, 1.165) is 21.7 Å². The van der Waals surface area contributed by atoms with E-state index in [4.69, 9.17) is 0 Å². The second-order valence-electron chi connectivity index (χ2n) is 5.72. The van der Waals surface area contributed by atoms with E-state index in [1.165, 1.54) is 0 Å². The van der Waals surface area contributed by atoms with Gasteiger partial charge in [0.25, 0.3) is 0 Å². The molecule has 5 nitrogen and oxygen atoms in total. The summed E-state index contributed by atoms with van der Waals surface area (Å²) in [5, 5.41) is 10.7. The van der Waals surface area contributed by atoms with Crippen LogP contribution >= 0.6 is 11.3 Å². The fourth-order valence-electron chi connectivity index (χ4n) is 2.65. The van der Waals surface area contributed by atoms with Crippen LogP contribution in [0.1, 0.15) is 41.9 Å². The zero-order valence-corrected chi connectivity index (χ0v) is 13.9. The summed E-state index contributed by atoms with van der Waals surface area (Å²) < 4.78 is 0. The van der Waals surface area contributed by atoms with Crippen LogP contribution in [0.5, 0.6) is 0 Å². The largest absolute Gasteiger partial charge is 0.332 e. The molecule has 0 aliphatic carbocycles. The van der Waals surface area contributed by atoms with Crippen LogP contribution in [0.25, 0.3) is 0 Å². The van der Waals surface area contributed by atoms with Gasteiger partial charge in [0.1, 0.15) is 0 Å². The zero-order valence-electron chi connectivity index (χ0n) is 13.1. The van der Waals surface area contributed by atoms with Crippen molar-refractivity contribution < 1.29 is 9.59 Å². The summed E-state index contributed by atoms with van der Waals surface area (Å²) in [6, 6.07) is 9.41. The van der Waals surface area contributed by atoms with E-state index in [2.05, 4.69) is 16.0 Å². The molecule has 0 bridgehead atoms. The molecule has 1 aromatic carbocycles. The minimum atomic E-state index is -0.201. The highest BCUT2D eigenvalue weighted by Gasteiger charge is 2.19. The second-order valence-corrected chi connectivity index (χ2v) is 6.70. The molecule has 2 aromatic rings. The first-order chi connectivity index (χ1) is 11.0. The van der Waals surface area contributed by atoms with Crippen molar-refractivity contribution >= 4 is 29.0 Å². The highest BCUT2D eigenvalue weighted by Crippen LogP contribution is 2.26. The Morgan fingerprint density at radius 3 is 2.74 bits per heavy atom. The maximum Gasteiger partial charge on any atom is 0.315 e. The minimum absolute atomic E-state index is 0.0141. The third kappa shape index (κ3) is 3.53. The Morgan fingerprint density at radius 1 is 1.22 bits per heavy atom. The Bertz CT molecular complexity index is 727. The van der Waals surface area contributed by atoms with Crippen molar-refractivity contribution in [1.82, 2.24) is 10.6 Å². The molecule has 23 heavy (non-hydrogen) atoms. The molecule has 1 aromatic heterocycles. The SMILES string of the molecule is C[C@H](NC(=O)N[C@H](C)c1cccs1)c1ccc2c(c1)CC(=O)N2. The van der Waals surface area contributed by atoms with E-state index in [0.29, 0.717) is 6.42 Å². The fraction of sp³-hybridized carbons (Fsp3) is 0.294. The monoisotopic (exact) mass is 329 g/mol. The first-order valence-corrected chi connectivity index (χ1v) is 8.44. The number of benzene rings is 1. The number of hydrogen-bond acceptors (Lipinski definition) is 3. The van der Waals surface area contributed by atoms with Gasteiger partial charge in [-0.05, 0) is 42.5 Å². The van der Waals surface area contributed by atoms with Crippen molar-refractivity contribution in [2.45, 2.75) is 32.4 Å². The molecule has 3 N–H and O–H groups in total. The number of urea groups is 1. The molecule has 120 valence electrons. The molecular formula is C17H19N3O2S. The Kier molecular flexibility index (Phi) is 4.34. The first kappa shape index (κ1) is 15.6. The van der Waals surface area contributed by atoms with Crippen molar-refractivity contribution in [2.75, 3.05) is 5.32 Å². The predicted octanol–water partition coefficient (Wildman–Crippen LogP) is 3.36. The minimum Gasteiger partial charge on any atom is -0.332 e. The van der Waals surface area contributed by atoms with E-state index in [1.807, 2.05) is 49.6 Å². The van der Waals surface area contributed by atoms with Crippen LogP contribution in [0, 0.1) is 0 Å². The maximum absolute atomic E-state index is 12.1. The predicted molar refractivity (Wildman–Crippen MR) is 91.6 cm³/mol. The Hall–Kier alpha value is -2.34. The molecule has 3 amide bonds. The lowest BCUT2D eigenvalue weighted by atomic mass is 10.0. The smallest absolute Gasteiger partial charge is 0.315 e. The standard InChI is InChI=1S/C17H19N3O2S/c1-10(12-5-6-14-13(8-12)9-16(21)20-14)18-17(22)19-11(2)15-4-3-7-23-15/h3-8,10-11H,9H2,1-2H3,(H,20,21)(H2,18,19,22)/t10-,11+/m0/s1. The molecule has 2 heterocycles. The van der Waals surface area contributed by atoms with Gasteiger partial charge in [-0.2, -0.15) is 0 Å². The summed E-state index contributed by atoms with van der Waals surface area (Å²) in [7, 11) is 0. The number of anilines is 1. The normalized spacial score (nSPS) is 15.5. The third-order valence-electron chi connectivity index (χ3n) is 3.92. The van der Waals surface area contributed by atoms with Crippen molar-refractivity contribution in [3.8, 4) is 0 Å². The number of thiophene rings is 1. The van der Waals surface area contributed by atoms with E-state index < -0.39 is 0 Å². The summed E-state index contributed by atoms with van der Waals surface area (Å²) in [4.78, 5) is 24.7.